The van der Waals surface area contributed by atoms with Crippen LogP contribution in [0.15, 0.2) is 41.1 Å². The van der Waals surface area contributed by atoms with Gasteiger partial charge in [-0.1, -0.05) is 24.2 Å². The van der Waals surface area contributed by atoms with Gasteiger partial charge in [-0.25, -0.2) is 4.98 Å². The van der Waals surface area contributed by atoms with Gasteiger partial charge in [-0.15, -0.1) is 11.3 Å². The molecule has 0 saturated heterocycles. The van der Waals surface area contributed by atoms with Crippen LogP contribution in [-0.4, -0.2) is 45.4 Å². The van der Waals surface area contributed by atoms with Crippen molar-refractivity contribution in [3.63, 3.8) is 0 Å². The van der Waals surface area contributed by atoms with E-state index >= 15 is 0 Å². The Bertz CT molecular complexity index is 1300. The molecule has 0 unspecified atom stereocenters. The van der Waals surface area contributed by atoms with E-state index in [4.69, 9.17) is 4.52 Å². The van der Waals surface area contributed by atoms with Gasteiger partial charge in [0.2, 0.25) is 11.7 Å². The molecule has 4 heterocycles. The van der Waals surface area contributed by atoms with Crippen LogP contribution in [-0.2, 0) is 13.0 Å². The number of carbonyl (C=O) groups excluding carboxylic acids is 1. The number of pyridine rings is 1. The Labute approximate surface area is 196 Å². The third-order valence-corrected chi connectivity index (χ3v) is 7.19. The first kappa shape index (κ1) is 21.7. The molecule has 7 nitrogen and oxygen atoms in total. The van der Waals surface area contributed by atoms with Crippen molar-refractivity contribution in [3.8, 4) is 11.4 Å². The third-order valence-electron chi connectivity index (χ3n) is 5.99. The second-order valence-electron chi connectivity index (χ2n) is 8.42. The van der Waals surface area contributed by atoms with E-state index in [0.717, 1.165) is 66.1 Å². The highest BCUT2D eigenvalue weighted by molar-refractivity contribution is 7.14. The van der Waals surface area contributed by atoms with E-state index in [-0.39, 0.29) is 5.78 Å². The Morgan fingerprint density at radius 3 is 3.00 bits per heavy atom. The molecule has 0 fully saturated rings. The number of carbonyl (C=O) groups is 1. The summed E-state index contributed by atoms with van der Waals surface area (Å²) in [6.07, 6.45) is 4.37. The summed E-state index contributed by atoms with van der Waals surface area (Å²) in [7, 11) is 0. The number of nitrogens with zero attached hydrogens (tertiary/aromatic N) is 4. The second-order valence-corrected chi connectivity index (χ2v) is 9.55. The first-order valence-electron chi connectivity index (χ1n) is 11.4. The van der Waals surface area contributed by atoms with Gasteiger partial charge < -0.3 is 9.84 Å². The average molecular weight is 462 g/mol. The van der Waals surface area contributed by atoms with Crippen molar-refractivity contribution in [1.82, 2.24) is 20.0 Å². The lowest BCUT2D eigenvalue weighted by molar-refractivity contribution is 0.0985. The maximum Gasteiger partial charge on any atom is 0.223 e. The van der Waals surface area contributed by atoms with Gasteiger partial charge in [-0.2, -0.15) is 4.98 Å². The predicted molar refractivity (Wildman–Crippen MR) is 131 cm³/mol. The van der Waals surface area contributed by atoms with Gasteiger partial charge in [0.25, 0.3) is 0 Å². The number of anilines is 1. The largest absolute Gasteiger partial charge is 0.368 e. The molecule has 0 radical (unpaired) electrons. The van der Waals surface area contributed by atoms with Gasteiger partial charge >= 0.3 is 0 Å². The van der Waals surface area contributed by atoms with Crippen LogP contribution in [0.5, 0.6) is 0 Å². The topological polar surface area (TPSA) is 84.2 Å². The van der Waals surface area contributed by atoms with Gasteiger partial charge in [0.1, 0.15) is 5.82 Å². The van der Waals surface area contributed by atoms with Crippen LogP contribution in [0.1, 0.15) is 45.8 Å². The van der Waals surface area contributed by atoms with Crippen LogP contribution >= 0.6 is 11.3 Å². The number of thiophene rings is 1. The molecule has 0 amide bonds. The summed E-state index contributed by atoms with van der Waals surface area (Å²) >= 11 is 1.68. The number of nitrogens with one attached hydrogen (secondary N) is 1. The number of hydrogen-bond donors (Lipinski definition) is 1. The van der Waals surface area contributed by atoms with Gasteiger partial charge in [0, 0.05) is 61.5 Å². The van der Waals surface area contributed by atoms with Crippen LogP contribution in [0.25, 0.3) is 22.2 Å². The summed E-state index contributed by atoms with van der Waals surface area (Å²) < 4.78 is 5.13. The van der Waals surface area contributed by atoms with Crippen LogP contribution in [0, 0.1) is 6.92 Å². The van der Waals surface area contributed by atoms with Crippen LogP contribution in [0.3, 0.4) is 0 Å². The molecular formula is C25H27N5O2S. The van der Waals surface area contributed by atoms with Crippen molar-refractivity contribution in [2.45, 2.75) is 39.7 Å². The van der Waals surface area contributed by atoms with Crippen molar-refractivity contribution in [3.05, 3.63) is 57.7 Å². The lowest BCUT2D eigenvalue weighted by atomic mass is 10.1. The summed E-state index contributed by atoms with van der Waals surface area (Å²) in [6.45, 7) is 7.47. The zero-order valence-corrected chi connectivity index (χ0v) is 19.7. The Morgan fingerprint density at radius 1 is 1.27 bits per heavy atom. The van der Waals surface area contributed by atoms with Crippen molar-refractivity contribution in [2.75, 3.05) is 25.0 Å². The number of fused-ring (bicyclic) bond motifs is 2. The van der Waals surface area contributed by atoms with Gasteiger partial charge in [-0.05, 0) is 42.0 Å². The number of Topliss-reactive ketones (excluding diaryl/α,β-unsaturated/α-hetero) is 1. The molecule has 0 spiro atoms. The molecule has 8 heteroatoms. The summed E-state index contributed by atoms with van der Waals surface area (Å²) in [5.41, 5.74) is 2.26. The summed E-state index contributed by atoms with van der Waals surface area (Å²) in [6, 6.07) is 10.2. The minimum absolute atomic E-state index is 0.280. The molecule has 1 aliphatic heterocycles. The highest BCUT2D eigenvalue weighted by Crippen LogP contribution is 2.30. The first-order chi connectivity index (χ1) is 16.1. The standard InChI is InChI=1S/C25H27N5O2S/c1-3-4-21(31)22-14-18-8-11-30(15-23(18)33-22)12-10-27-25-20-13-19(24-28-16(2)32-29-24)6-5-17(20)7-9-26-25/h5-7,9,13-14H,3-4,8,10-12,15H2,1-2H3,(H,26,27). The molecule has 0 atom stereocenters. The van der Waals surface area contributed by atoms with E-state index < -0.39 is 0 Å². The molecule has 170 valence electrons. The summed E-state index contributed by atoms with van der Waals surface area (Å²) in [5.74, 6) is 2.27. The molecule has 0 saturated carbocycles. The lowest BCUT2D eigenvalue weighted by Crippen LogP contribution is -2.33. The van der Waals surface area contributed by atoms with Gasteiger partial charge in [-0.3, -0.25) is 9.69 Å². The van der Waals surface area contributed by atoms with Gasteiger partial charge in [0.05, 0.1) is 4.88 Å². The number of benzene rings is 1. The second kappa shape index (κ2) is 9.41. The molecule has 3 aromatic heterocycles. The number of rotatable bonds is 8. The van der Waals surface area contributed by atoms with Gasteiger partial charge in [0.15, 0.2) is 5.78 Å². The molecule has 4 aromatic rings. The molecule has 1 N–H and O–H groups in total. The minimum Gasteiger partial charge on any atom is -0.368 e. The molecule has 5 rings (SSSR count). The maximum atomic E-state index is 12.3. The van der Waals surface area contributed by atoms with Crippen LogP contribution < -0.4 is 5.32 Å². The van der Waals surface area contributed by atoms with E-state index in [0.29, 0.717) is 18.1 Å². The SMILES string of the molecule is CCCC(=O)c1cc2c(s1)CN(CCNc1nccc3ccc(-c4noc(C)n4)cc13)CC2. The minimum atomic E-state index is 0.280. The molecule has 0 bridgehead atoms. The van der Waals surface area contributed by atoms with E-state index in [2.05, 4.69) is 50.5 Å². The first-order valence-corrected chi connectivity index (χ1v) is 12.2. The predicted octanol–water partition coefficient (Wildman–Crippen LogP) is 5.11. The zero-order chi connectivity index (χ0) is 22.8. The zero-order valence-electron chi connectivity index (χ0n) is 18.9. The fourth-order valence-electron chi connectivity index (χ4n) is 4.25. The Kier molecular flexibility index (Phi) is 6.20. The van der Waals surface area contributed by atoms with Crippen molar-refractivity contribution < 1.29 is 9.32 Å². The average Bonchev–Trinajstić information content (AvgIpc) is 3.45. The summed E-state index contributed by atoms with van der Waals surface area (Å²) in [4.78, 5) is 25.9. The number of aryl methyl sites for hydroxylation is 1. The van der Waals surface area contributed by atoms with Crippen LogP contribution in [0.2, 0.25) is 0 Å². The molecule has 1 aromatic carbocycles. The van der Waals surface area contributed by atoms with E-state index in [9.17, 15) is 4.79 Å². The Hall–Kier alpha value is -3.10. The Balaban J connectivity index is 1.25. The van der Waals surface area contributed by atoms with E-state index in [1.807, 2.05) is 18.3 Å². The Morgan fingerprint density at radius 2 is 2.18 bits per heavy atom. The fraction of sp³-hybridized carbons (Fsp3) is 0.360. The van der Waals surface area contributed by atoms with Crippen molar-refractivity contribution >= 4 is 33.7 Å². The maximum absolute atomic E-state index is 12.3. The van der Waals surface area contributed by atoms with E-state index in [1.165, 1.54) is 10.4 Å². The monoisotopic (exact) mass is 461 g/mol. The number of hydrogen-bond acceptors (Lipinski definition) is 8. The molecule has 33 heavy (non-hydrogen) atoms. The van der Waals surface area contributed by atoms with Crippen molar-refractivity contribution in [2.24, 2.45) is 0 Å². The number of ketones is 1. The van der Waals surface area contributed by atoms with E-state index in [1.54, 1.807) is 18.3 Å². The molecular weight excluding hydrogens is 434 g/mol. The quantitative estimate of drug-likeness (QED) is 0.365. The summed E-state index contributed by atoms with van der Waals surface area (Å²) in [5, 5.41) is 9.70. The highest BCUT2D eigenvalue weighted by atomic mass is 32.1. The lowest BCUT2D eigenvalue weighted by Gasteiger charge is -2.26. The fourth-order valence-corrected chi connectivity index (χ4v) is 5.47. The number of aromatic nitrogens is 3. The van der Waals surface area contributed by atoms with Crippen molar-refractivity contribution in [1.29, 1.82) is 0 Å². The highest BCUT2D eigenvalue weighted by Gasteiger charge is 2.21. The smallest absolute Gasteiger partial charge is 0.223 e. The molecule has 0 aliphatic carbocycles. The molecule has 1 aliphatic rings. The third kappa shape index (κ3) is 4.67. The normalized spacial score (nSPS) is 13.9. The van der Waals surface area contributed by atoms with Crippen LogP contribution in [0.4, 0.5) is 5.82 Å².